The molecule has 128 valence electrons. The van der Waals surface area contributed by atoms with Crippen molar-refractivity contribution in [3.8, 4) is 0 Å². The maximum absolute atomic E-state index is 12.9. The number of rotatable bonds is 5. The van der Waals surface area contributed by atoms with Crippen molar-refractivity contribution in [2.75, 3.05) is 19.6 Å². The third-order valence-electron chi connectivity index (χ3n) is 5.24. The van der Waals surface area contributed by atoms with Crippen LogP contribution in [-0.4, -0.2) is 51.2 Å². The number of hydrogen-bond acceptors (Lipinski definition) is 4. The molecule has 2 aromatic heterocycles. The summed E-state index contributed by atoms with van der Waals surface area (Å²) in [5.74, 6) is 0.290. The first-order valence-corrected chi connectivity index (χ1v) is 9.73. The minimum atomic E-state index is 0.290. The molecule has 0 saturated carbocycles. The van der Waals surface area contributed by atoms with Gasteiger partial charge in [-0.25, -0.2) is 0 Å². The molecule has 0 unspecified atom stereocenters. The first-order chi connectivity index (χ1) is 11.8. The van der Waals surface area contributed by atoms with Gasteiger partial charge in [0.15, 0.2) is 0 Å². The fourth-order valence-corrected chi connectivity index (χ4v) is 4.91. The van der Waals surface area contributed by atoms with Crippen LogP contribution < -0.4 is 0 Å². The molecule has 6 heteroatoms. The topological polar surface area (TPSA) is 41.4 Å². The lowest BCUT2D eigenvalue weighted by Crippen LogP contribution is -2.43. The monoisotopic (exact) mass is 344 g/mol. The van der Waals surface area contributed by atoms with Crippen molar-refractivity contribution in [3.05, 3.63) is 40.8 Å². The van der Waals surface area contributed by atoms with Crippen LogP contribution >= 0.6 is 11.3 Å². The van der Waals surface area contributed by atoms with Crippen molar-refractivity contribution in [2.45, 2.75) is 44.3 Å². The van der Waals surface area contributed by atoms with E-state index in [0.717, 1.165) is 38.9 Å². The Bertz CT molecular complexity index is 655. The molecule has 1 amide bonds. The molecule has 0 aliphatic carbocycles. The molecule has 2 atom stereocenters. The van der Waals surface area contributed by atoms with E-state index >= 15 is 0 Å². The van der Waals surface area contributed by atoms with Crippen molar-refractivity contribution in [1.82, 2.24) is 19.6 Å². The van der Waals surface area contributed by atoms with Crippen molar-refractivity contribution in [3.63, 3.8) is 0 Å². The summed E-state index contributed by atoms with van der Waals surface area (Å²) in [6.45, 7) is 3.36. The minimum absolute atomic E-state index is 0.290. The highest BCUT2D eigenvalue weighted by Gasteiger charge is 2.33. The number of nitrogens with zero attached hydrogens (tertiary/aromatic N) is 4. The van der Waals surface area contributed by atoms with Crippen molar-refractivity contribution >= 4 is 17.2 Å². The number of carbonyl (C=O) groups is 1. The third-order valence-corrected chi connectivity index (χ3v) is 6.21. The molecule has 24 heavy (non-hydrogen) atoms. The first-order valence-electron chi connectivity index (χ1n) is 8.85. The van der Waals surface area contributed by atoms with Gasteiger partial charge in [0.05, 0.1) is 19.1 Å². The molecule has 0 N–H and O–H groups in total. The number of likely N-dealkylation sites (tertiary alicyclic amines) is 2. The maximum atomic E-state index is 12.9. The van der Waals surface area contributed by atoms with Gasteiger partial charge in [-0.15, -0.1) is 11.3 Å². The Hall–Kier alpha value is -1.66. The van der Waals surface area contributed by atoms with Crippen LogP contribution in [0.5, 0.6) is 0 Å². The zero-order valence-electron chi connectivity index (χ0n) is 13.9. The van der Waals surface area contributed by atoms with Gasteiger partial charge in [-0.05, 0) is 49.7 Å². The van der Waals surface area contributed by atoms with Gasteiger partial charge in [-0.3, -0.25) is 14.4 Å². The van der Waals surface area contributed by atoms with Crippen molar-refractivity contribution in [1.29, 1.82) is 0 Å². The summed E-state index contributed by atoms with van der Waals surface area (Å²) in [5.41, 5.74) is 0. The molecule has 0 bridgehead atoms. The molecule has 2 aliphatic heterocycles. The molecule has 2 aromatic rings. The summed E-state index contributed by atoms with van der Waals surface area (Å²) in [6.07, 6.45) is 8.37. The lowest BCUT2D eigenvalue weighted by Gasteiger charge is -2.29. The maximum Gasteiger partial charge on any atom is 0.237 e. The summed E-state index contributed by atoms with van der Waals surface area (Å²) in [6, 6.07) is 6.93. The van der Waals surface area contributed by atoms with E-state index in [1.807, 2.05) is 23.1 Å². The van der Waals surface area contributed by atoms with Gasteiger partial charge in [0.25, 0.3) is 0 Å². The molecule has 2 fully saturated rings. The molecule has 2 aliphatic rings. The second-order valence-electron chi connectivity index (χ2n) is 6.76. The fourth-order valence-electron chi connectivity index (χ4n) is 4.04. The number of thiophene rings is 1. The molecule has 5 nitrogen and oxygen atoms in total. The Morgan fingerprint density at radius 3 is 2.96 bits per heavy atom. The quantitative estimate of drug-likeness (QED) is 0.837. The van der Waals surface area contributed by atoms with Crippen LogP contribution in [0.4, 0.5) is 0 Å². The van der Waals surface area contributed by atoms with E-state index in [1.165, 1.54) is 11.3 Å². The zero-order chi connectivity index (χ0) is 16.4. The highest BCUT2D eigenvalue weighted by Crippen LogP contribution is 2.34. The van der Waals surface area contributed by atoms with E-state index in [0.29, 0.717) is 24.5 Å². The SMILES string of the molecule is O=C(CN1CCC[C@H]1Cn1cccn1)N1CCC[C@H]1c1cccs1. The second kappa shape index (κ2) is 7.07. The van der Waals surface area contributed by atoms with Gasteiger partial charge in [-0.1, -0.05) is 6.07 Å². The summed E-state index contributed by atoms with van der Waals surface area (Å²) in [5, 5.41) is 6.42. The lowest BCUT2D eigenvalue weighted by atomic mass is 10.2. The molecule has 0 aromatic carbocycles. The molecule has 0 radical (unpaired) electrons. The van der Waals surface area contributed by atoms with Crippen LogP contribution in [0.3, 0.4) is 0 Å². The summed E-state index contributed by atoms with van der Waals surface area (Å²) >= 11 is 1.77. The predicted octanol–water partition coefficient (Wildman–Crippen LogP) is 2.77. The highest BCUT2D eigenvalue weighted by atomic mass is 32.1. The number of hydrogen-bond donors (Lipinski definition) is 0. The molecular formula is C18H24N4OS. The molecule has 2 saturated heterocycles. The van der Waals surface area contributed by atoms with Crippen LogP contribution in [-0.2, 0) is 11.3 Å². The number of aromatic nitrogens is 2. The average molecular weight is 344 g/mol. The van der Waals surface area contributed by atoms with Crippen LogP contribution in [0.25, 0.3) is 0 Å². The van der Waals surface area contributed by atoms with Crippen molar-refractivity contribution < 1.29 is 4.79 Å². The van der Waals surface area contributed by atoms with E-state index in [2.05, 4.69) is 32.4 Å². The normalized spacial score (nSPS) is 24.8. The van der Waals surface area contributed by atoms with E-state index in [4.69, 9.17) is 0 Å². The zero-order valence-corrected chi connectivity index (χ0v) is 14.7. The van der Waals surface area contributed by atoms with E-state index in [-0.39, 0.29) is 0 Å². The largest absolute Gasteiger partial charge is 0.334 e. The summed E-state index contributed by atoms with van der Waals surface area (Å²) in [4.78, 5) is 18.7. The Morgan fingerprint density at radius 1 is 1.25 bits per heavy atom. The summed E-state index contributed by atoms with van der Waals surface area (Å²) in [7, 11) is 0. The lowest BCUT2D eigenvalue weighted by molar-refractivity contribution is -0.133. The Morgan fingerprint density at radius 2 is 2.17 bits per heavy atom. The van der Waals surface area contributed by atoms with E-state index in [9.17, 15) is 4.79 Å². The van der Waals surface area contributed by atoms with Gasteiger partial charge < -0.3 is 4.90 Å². The highest BCUT2D eigenvalue weighted by molar-refractivity contribution is 7.10. The van der Waals surface area contributed by atoms with Crippen LogP contribution in [0.1, 0.15) is 36.6 Å². The van der Waals surface area contributed by atoms with Gasteiger partial charge >= 0.3 is 0 Å². The molecule has 4 rings (SSSR count). The van der Waals surface area contributed by atoms with Gasteiger partial charge in [-0.2, -0.15) is 5.10 Å². The van der Waals surface area contributed by atoms with Gasteiger partial charge in [0, 0.05) is 29.9 Å². The van der Waals surface area contributed by atoms with Crippen LogP contribution in [0.2, 0.25) is 0 Å². The van der Waals surface area contributed by atoms with Crippen molar-refractivity contribution in [2.24, 2.45) is 0 Å². The fraction of sp³-hybridized carbons (Fsp3) is 0.556. The third kappa shape index (κ3) is 3.26. The molecule has 0 spiro atoms. The predicted molar refractivity (Wildman–Crippen MR) is 94.8 cm³/mol. The first kappa shape index (κ1) is 15.8. The van der Waals surface area contributed by atoms with E-state index in [1.54, 1.807) is 11.3 Å². The van der Waals surface area contributed by atoms with Gasteiger partial charge in [0.1, 0.15) is 0 Å². The standard InChI is InChI=1S/C18H24N4OS/c23-18(22-11-2-6-16(22)17-7-3-12-24-17)14-20-9-1-5-15(20)13-21-10-4-8-19-21/h3-4,7-8,10,12,15-16H,1-2,5-6,9,11,13-14H2/t15-,16-/m0/s1. The molecular weight excluding hydrogens is 320 g/mol. The summed E-state index contributed by atoms with van der Waals surface area (Å²) < 4.78 is 1.98. The Labute approximate surface area is 146 Å². The van der Waals surface area contributed by atoms with Crippen LogP contribution in [0.15, 0.2) is 36.0 Å². The Balaban J connectivity index is 1.39. The smallest absolute Gasteiger partial charge is 0.237 e. The van der Waals surface area contributed by atoms with Gasteiger partial charge in [0.2, 0.25) is 5.91 Å². The van der Waals surface area contributed by atoms with E-state index < -0.39 is 0 Å². The van der Waals surface area contributed by atoms with Crippen LogP contribution in [0, 0.1) is 0 Å². The molecule has 4 heterocycles. The average Bonchev–Trinajstić information content (AvgIpc) is 3.37. The number of amides is 1. The minimum Gasteiger partial charge on any atom is -0.334 e. The number of carbonyl (C=O) groups excluding carboxylic acids is 1. The Kier molecular flexibility index (Phi) is 4.67. The second-order valence-corrected chi connectivity index (χ2v) is 7.73.